The lowest BCUT2D eigenvalue weighted by molar-refractivity contribution is -0.139. The summed E-state index contributed by atoms with van der Waals surface area (Å²) in [6.45, 7) is 0. The molecule has 1 aromatic carbocycles. The minimum atomic E-state index is -0.359. The molecule has 0 radical (unpaired) electrons. The fourth-order valence-electron chi connectivity index (χ4n) is 1.07. The summed E-state index contributed by atoms with van der Waals surface area (Å²) >= 11 is 6.43. The highest BCUT2D eigenvalue weighted by atomic mass is 79.9. The number of halogens is 3. The summed E-state index contributed by atoms with van der Waals surface area (Å²) in [7, 11) is 1.31. The first kappa shape index (κ1) is 13.4. The third kappa shape index (κ3) is 3.72. The smallest absolute Gasteiger partial charge is 0.309 e. The lowest BCUT2D eigenvalue weighted by Crippen LogP contribution is -1.96. The lowest BCUT2D eigenvalue weighted by Gasteiger charge is -2.01. The molecule has 1 aromatic rings. The first-order valence-corrected chi connectivity index (χ1v) is 6.01. The van der Waals surface area contributed by atoms with Crippen LogP contribution in [0, 0.1) is 5.82 Å². The predicted octanol–water partition coefficient (Wildman–Crippen LogP) is 3.93. The lowest BCUT2D eigenvalue weighted by atomic mass is 10.2. The van der Waals surface area contributed by atoms with Gasteiger partial charge in [-0.05, 0) is 12.1 Å². The minimum absolute atomic E-state index is 0.123. The van der Waals surface area contributed by atoms with Gasteiger partial charge in [0, 0.05) is 14.5 Å². The van der Waals surface area contributed by atoms with E-state index >= 15 is 0 Å². The van der Waals surface area contributed by atoms with Crippen molar-refractivity contribution in [2.45, 2.75) is 6.42 Å². The molecule has 0 atom stereocenters. The van der Waals surface area contributed by atoms with Crippen LogP contribution in [0.3, 0.4) is 0 Å². The largest absolute Gasteiger partial charge is 0.469 e. The van der Waals surface area contributed by atoms with Crippen molar-refractivity contribution in [3.63, 3.8) is 0 Å². The molecule has 0 aliphatic rings. The van der Waals surface area contributed by atoms with Gasteiger partial charge in [-0.15, -0.1) is 0 Å². The highest BCUT2D eigenvalue weighted by Crippen LogP contribution is 2.26. The van der Waals surface area contributed by atoms with E-state index in [4.69, 9.17) is 0 Å². The van der Waals surface area contributed by atoms with E-state index in [-0.39, 0.29) is 18.2 Å². The molecule has 16 heavy (non-hydrogen) atoms. The Hall–Kier alpha value is -0.680. The van der Waals surface area contributed by atoms with Crippen molar-refractivity contribution in [3.05, 3.63) is 38.5 Å². The Balaban J connectivity index is 2.85. The molecule has 0 amide bonds. The molecule has 0 aliphatic heterocycles. The first-order chi connectivity index (χ1) is 7.54. The second-order valence-electron chi connectivity index (χ2n) is 2.97. The molecule has 2 nitrogen and oxygen atoms in total. The van der Waals surface area contributed by atoms with Crippen molar-refractivity contribution in [2.75, 3.05) is 7.11 Å². The van der Waals surface area contributed by atoms with E-state index < -0.39 is 0 Å². The third-order valence-electron chi connectivity index (χ3n) is 1.84. The Kier molecular flexibility index (Phi) is 5.15. The summed E-state index contributed by atoms with van der Waals surface area (Å²) < 4.78 is 19.2. The van der Waals surface area contributed by atoms with Crippen LogP contribution >= 0.6 is 31.9 Å². The van der Waals surface area contributed by atoms with Crippen molar-refractivity contribution in [1.82, 2.24) is 0 Å². The number of esters is 1. The average Bonchev–Trinajstić information content (AvgIpc) is 2.21. The standard InChI is InChI=1S/C11H9Br2FO2/c1-16-11(15)4-2-3-8-9(13)5-7(12)6-10(8)14/h2-3,5-6H,4H2,1H3. The van der Waals surface area contributed by atoms with Gasteiger partial charge in [-0.3, -0.25) is 4.79 Å². The maximum atomic E-state index is 13.5. The molecule has 0 saturated heterocycles. The van der Waals surface area contributed by atoms with Crippen LogP contribution in [-0.4, -0.2) is 13.1 Å². The van der Waals surface area contributed by atoms with Crippen molar-refractivity contribution in [2.24, 2.45) is 0 Å². The zero-order valence-electron chi connectivity index (χ0n) is 8.47. The molecule has 86 valence electrons. The first-order valence-electron chi connectivity index (χ1n) is 4.42. The van der Waals surface area contributed by atoms with Crippen LogP contribution in [0.5, 0.6) is 0 Å². The number of methoxy groups -OCH3 is 1. The molecule has 0 saturated carbocycles. The van der Waals surface area contributed by atoms with Crippen LogP contribution in [0.15, 0.2) is 27.2 Å². The molecule has 0 unspecified atom stereocenters. The number of benzene rings is 1. The van der Waals surface area contributed by atoms with Gasteiger partial charge in [-0.25, -0.2) is 4.39 Å². The molecule has 0 aromatic heterocycles. The van der Waals surface area contributed by atoms with Crippen molar-refractivity contribution in [1.29, 1.82) is 0 Å². The predicted molar refractivity (Wildman–Crippen MR) is 67.5 cm³/mol. The molecular formula is C11H9Br2FO2. The van der Waals surface area contributed by atoms with E-state index in [0.717, 1.165) is 0 Å². The molecule has 0 bridgehead atoms. The second kappa shape index (κ2) is 6.15. The normalized spacial score (nSPS) is 10.8. The molecule has 0 heterocycles. The van der Waals surface area contributed by atoms with Crippen molar-refractivity contribution < 1.29 is 13.9 Å². The topological polar surface area (TPSA) is 26.3 Å². The highest BCUT2D eigenvalue weighted by Gasteiger charge is 2.05. The molecule has 5 heteroatoms. The number of ether oxygens (including phenoxy) is 1. The highest BCUT2D eigenvalue weighted by molar-refractivity contribution is 9.11. The summed E-state index contributed by atoms with van der Waals surface area (Å²) in [5, 5.41) is 0. The van der Waals surface area contributed by atoms with Crippen LogP contribution in [0.1, 0.15) is 12.0 Å². The quantitative estimate of drug-likeness (QED) is 0.771. The molecule has 0 spiro atoms. The Bertz CT molecular complexity index is 407. The zero-order chi connectivity index (χ0) is 12.1. The van der Waals surface area contributed by atoms with Crippen LogP contribution in [-0.2, 0) is 9.53 Å². The maximum Gasteiger partial charge on any atom is 0.309 e. The van der Waals surface area contributed by atoms with Gasteiger partial charge in [0.15, 0.2) is 0 Å². The van der Waals surface area contributed by atoms with E-state index in [9.17, 15) is 9.18 Å². The van der Waals surface area contributed by atoms with E-state index in [1.54, 1.807) is 18.2 Å². The van der Waals surface area contributed by atoms with Crippen LogP contribution in [0.25, 0.3) is 6.08 Å². The van der Waals surface area contributed by atoms with Crippen molar-refractivity contribution in [3.8, 4) is 0 Å². The Morgan fingerprint density at radius 1 is 1.50 bits per heavy atom. The van der Waals surface area contributed by atoms with E-state index in [0.29, 0.717) is 14.5 Å². The fraction of sp³-hybridized carbons (Fsp3) is 0.182. The SMILES string of the molecule is COC(=O)CC=Cc1c(F)cc(Br)cc1Br. The molecule has 0 fully saturated rings. The van der Waals surface area contributed by atoms with Crippen LogP contribution in [0.4, 0.5) is 4.39 Å². The second-order valence-corrected chi connectivity index (χ2v) is 4.74. The van der Waals surface area contributed by atoms with Crippen molar-refractivity contribution >= 4 is 43.9 Å². The fourth-order valence-corrected chi connectivity index (χ4v) is 2.37. The average molecular weight is 352 g/mol. The molecular weight excluding hydrogens is 343 g/mol. The van der Waals surface area contributed by atoms with E-state index in [1.165, 1.54) is 13.2 Å². The Morgan fingerprint density at radius 3 is 2.75 bits per heavy atom. The zero-order valence-corrected chi connectivity index (χ0v) is 11.6. The van der Waals surface area contributed by atoms with Gasteiger partial charge < -0.3 is 4.74 Å². The van der Waals surface area contributed by atoms with Crippen LogP contribution in [0.2, 0.25) is 0 Å². The summed E-state index contributed by atoms with van der Waals surface area (Å²) in [6.07, 6.45) is 3.23. The van der Waals surface area contributed by atoms with E-state index in [2.05, 4.69) is 36.6 Å². The summed E-state index contributed by atoms with van der Waals surface area (Å²) in [5.41, 5.74) is 0.409. The molecule has 0 N–H and O–H groups in total. The van der Waals surface area contributed by atoms with E-state index in [1.807, 2.05) is 0 Å². The summed E-state index contributed by atoms with van der Waals surface area (Å²) in [4.78, 5) is 10.8. The minimum Gasteiger partial charge on any atom is -0.469 e. The van der Waals surface area contributed by atoms with Gasteiger partial charge in [-0.1, -0.05) is 44.0 Å². The number of rotatable bonds is 3. The number of carbonyl (C=O) groups excluding carboxylic acids is 1. The number of carbonyl (C=O) groups is 1. The van der Waals surface area contributed by atoms with Gasteiger partial charge in [-0.2, -0.15) is 0 Å². The molecule has 1 rings (SSSR count). The van der Waals surface area contributed by atoms with Gasteiger partial charge >= 0.3 is 5.97 Å². The Labute approximate surface area is 110 Å². The monoisotopic (exact) mass is 350 g/mol. The molecule has 0 aliphatic carbocycles. The number of hydrogen-bond donors (Lipinski definition) is 0. The summed E-state index contributed by atoms with van der Waals surface area (Å²) in [6, 6.07) is 3.10. The van der Waals surface area contributed by atoms with Gasteiger partial charge in [0.2, 0.25) is 0 Å². The number of hydrogen-bond acceptors (Lipinski definition) is 2. The Morgan fingerprint density at radius 2 is 2.19 bits per heavy atom. The maximum absolute atomic E-state index is 13.5. The van der Waals surface area contributed by atoms with Gasteiger partial charge in [0.1, 0.15) is 5.82 Å². The summed E-state index contributed by atoms with van der Waals surface area (Å²) in [5.74, 6) is -0.716. The van der Waals surface area contributed by atoms with Crippen LogP contribution < -0.4 is 0 Å². The van der Waals surface area contributed by atoms with Gasteiger partial charge in [0.25, 0.3) is 0 Å². The third-order valence-corrected chi connectivity index (χ3v) is 2.95. The van der Waals surface area contributed by atoms with Gasteiger partial charge in [0.05, 0.1) is 13.5 Å².